The molecule has 2 nitrogen and oxygen atoms in total. The van der Waals surface area contributed by atoms with Crippen molar-refractivity contribution in [2.24, 2.45) is 5.92 Å². The third-order valence-electron chi connectivity index (χ3n) is 4.74. The molecule has 2 heteroatoms. The first-order valence-corrected chi connectivity index (χ1v) is 8.72. The van der Waals surface area contributed by atoms with Crippen molar-refractivity contribution in [3.05, 3.63) is 66.2 Å². The summed E-state index contributed by atoms with van der Waals surface area (Å²) in [6, 6.07) is 20.3. The molecule has 2 aromatic rings. The lowest BCUT2D eigenvalue weighted by Crippen LogP contribution is -2.32. The van der Waals surface area contributed by atoms with Gasteiger partial charge < -0.3 is 4.90 Å². The lowest BCUT2D eigenvalue weighted by atomic mass is 9.86. The van der Waals surface area contributed by atoms with Gasteiger partial charge in [0.1, 0.15) is 0 Å². The van der Waals surface area contributed by atoms with Crippen LogP contribution >= 0.6 is 0 Å². The quantitative estimate of drug-likeness (QED) is 0.744. The summed E-state index contributed by atoms with van der Waals surface area (Å²) < 4.78 is 0. The van der Waals surface area contributed by atoms with Gasteiger partial charge >= 0.3 is 0 Å². The van der Waals surface area contributed by atoms with Crippen LogP contribution < -0.4 is 4.90 Å². The number of carbonyl (C=O) groups is 1. The van der Waals surface area contributed by atoms with E-state index in [4.69, 9.17) is 0 Å². The second-order valence-electron chi connectivity index (χ2n) is 6.51. The second kappa shape index (κ2) is 7.96. The van der Waals surface area contributed by atoms with E-state index in [0.717, 1.165) is 5.69 Å². The van der Waals surface area contributed by atoms with Crippen LogP contribution in [0.15, 0.2) is 60.7 Å². The van der Waals surface area contributed by atoms with E-state index in [1.54, 1.807) is 0 Å². The summed E-state index contributed by atoms with van der Waals surface area (Å²) in [6.45, 7) is 0.649. The molecular weight excluding hydrogens is 282 g/mol. The van der Waals surface area contributed by atoms with Crippen LogP contribution in [0.5, 0.6) is 0 Å². The standard InChI is InChI=1S/C21H25NO/c23-21(16-18-10-4-1-5-11-18)22(20-14-8-3-9-15-20)17-19-12-6-2-7-13-19/h2-3,6-9,12-15,18H,1,4-5,10-11,16-17H2. The monoisotopic (exact) mass is 307 g/mol. The average molecular weight is 307 g/mol. The molecule has 0 heterocycles. The molecule has 1 fully saturated rings. The van der Waals surface area contributed by atoms with Crippen molar-refractivity contribution in [2.45, 2.75) is 45.1 Å². The van der Waals surface area contributed by atoms with Crippen molar-refractivity contribution in [3.63, 3.8) is 0 Å². The Morgan fingerprint density at radius 3 is 2.13 bits per heavy atom. The predicted molar refractivity (Wildman–Crippen MR) is 95.3 cm³/mol. The number of hydrogen-bond acceptors (Lipinski definition) is 1. The van der Waals surface area contributed by atoms with Crippen molar-refractivity contribution in [2.75, 3.05) is 4.90 Å². The first-order chi connectivity index (χ1) is 11.3. The maximum atomic E-state index is 12.9. The normalized spacial score (nSPS) is 15.3. The lowest BCUT2D eigenvalue weighted by Gasteiger charge is -2.27. The molecule has 0 saturated heterocycles. The molecule has 0 bridgehead atoms. The fourth-order valence-electron chi connectivity index (χ4n) is 3.45. The zero-order chi connectivity index (χ0) is 15.9. The van der Waals surface area contributed by atoms with Gasteiger partial charge in [-0.05, 0) is 36.5 Å². The molecular formula is C21H25NO. The molecule has 1 aliphatic rings. The van der Waals surface area contributed by atoms with E-state index < -0.39 is 0 Å². The summed E-state index contributed by atoms with van der Waals surface area (Å²) >= 11 is 0. The van der Waals surface area contributed by atoms with E-state index in [-0.39, 0.29) is 5.91 Å². The van der Waals surface area contributed by atoms with Crippen LogP contribution in [0.3, 0.4) is 0 Å². The number of para-hydroxylation sites is 1. The van der Waals surface area contributed by atoms with Gasteiger partial charge in [0.2, 0.25) is 5.91 Å². The van der Waals surface area contributed by atoms with Crippen LogP contribution in [0.2, 0.25) is 0 Å². The summed E-state index contributed by atoms with van der Waals surface area (Å²) in [5.41, 5.74) is 2.17. The smallest absolute Gasteiger partial charge is 0.227 e. The minimum atomic E-state index is 0.256. The molecule has 0 aromatic heterocycles. The first-order valence-electron chi connectivity index (χ1n) is 8.72. The van der Waals surface area contributed by atoms with Gasteiger partial charge in [-0.25, -0.2) is 0 Å². The van der Waals surface area contributed by atoms with Gasteiger partial charge in [-0.1, -0.05) is 67.8 Å². The first kappa shape index (κ1) is 15.8. The highest BCUT2D eigenvalue weighted by molar-refractivity contribution is 5.93. The van der Waals surface area contributed by atoms with Crippen LogP contribution in [0.1, 0.15) is 44.1 Å². The zero-order valence-electron chi connectivity index (χ0n) is 13.7. The highest BCUT2D eigenvalue weighted by Crippen LogP contribution is 2.28. The number of hydrogen-bond donors (Lipinski definition) is 0. The Labute approximate surface area is 139 Å². The lowest BCUT2D eigenvalue weighted by molar-refractivity contribution is -0.119. The van der Waals surface area contributed by atoms with Gasteiger partial charge in [-0.15, -0.1) is 0 Å². The number of rotatable bonds is 5. The summed E-state index contributed by atoms with van der Waals surface area (Å²) in [5.74, 6) is 0.824. The second-order valence-corrected chi connectivity index (χ2v) is 6.51. The molecule has 0 atom stereocenters. The van der Waals surface area contributed by atoms with E-state index >= 15 is 0 Å². The minimum Gasteiger partial charge on any atom is -0.308 e. The Morgan fingerprint density at radius 1 is 0.870 bits per heavy atom. The van der Waals surface area contributed by atoms with Crippen LogP contribution in [0.25, 0.3) is 0 Å². The van der Waals surface area contributed by atoms with Gasteiger partial charge in [0, 0.05) is 12.1 Å². The molecule has 23 heavy (non-hydrogen) atoms. The molecule has 120 valence electrons. The number of amides is 1. The van der Waals surface area contributed by atoms with E-state index in [1.165, 1.54) is 37.7 Å². The SMILES string of the molecule is O=C(CC1CCCCC1)N(Cc1ccccc1)c1ccccc1. The Bertz CT molecular complexity index is 602. The van der Waals surface area contributed by atoms with Gasteiger partial charge in [0.25, 0.3) is 0 Å². The van der Waals surface area contributed by atoms with E-state index in [2.05, 4.69) is 12.1 Å². The van der Waals surface area contributed by atoms with E-state index in [0.29, 0.717) is 18.9 Å². The fourth-order valence-corrected chi connectivity index (χ4v) is 3.45. The molecule has 0 spiro atoms. The molecule has 2 aromatic carbocycles. The molecule has 0 unspecified atom stereocenters. The maximum Gasteiger partial charge on any atom is 0.227 e. The van der Waals surface area contributed by atoms with Crippen LogP contribution in [0.4, 0.5) is 5.69 Å². The number of nitrogens with zero attached hydrogens (tertiary/aromatic N) is 1. The van der Waals surface area contributed by atoms with Crippen molar-refractivity contribution in [3.8, 4) is 0 Å². The Kier molecular flexibility index (Phi) is 5.46. The summed E-state index contributed by atoms with van der Waals surface area (Å²) in [5, 5.41) is 0. The summed E-state index contributed by atoms with van der Waals surface area (Å²) in [6.07, 6.45) is 6.99. The third kappa shape index (κ3) is 4.44. The van der Waals surface area contributed by atoms with Crippen LogP contribution in [0, 0.1) is 5.92 Å². The number of benzene rings is 2. The van der Waals surface area contributed by atoms with Gasteiger partial charge in [-0.2, -0.15) is 0 Å². The Morgan fingerprint density at radius 2 is 1.48 bits per heavy atom. The van der Waals surface area contributed by atoms with Crippen LogP contribution in [-0.4, -0.2) is 5.91 Å². The number of carbonyl (C=O) groups excluding carboxylic acids is 1. The highest BCUT2D eigenvalue weighted by atomic mass is 16.2. The molecule has 1 saturated carbocycles. The van der Waals surface area contributed by atoms with Crippen molar-refractivity contribution in [1.82, 2.24) is 0 Å². The number of anilines is 1. The average Bonchev–Trinajstić information content (AvgIpc) is 2.62. The molecule has 0 N–H and O–H groups in total. The predicted octanol–water partition coefficient (Wildman–Crippen LogP) is 5.19. The maximum absolute atomic E-state index is 12.9. The van der Waals surface area contributed by atoms with Gasteiger partial charge in [-0.3, -0.25) is 4.79 Å². The highest BCUT2D eigenvalue weighted by Gasteiger charge is 2.22. The largest absolute Gasteiger partial charge is 0.308 e. The Hall–Kier alpha value is -2.09. The summed E-state index contributed by atoms with van der Waals surface area (Å²) in [7, 11) is 0. The van der Waals surface area contributed by atoms with Crippen molar-refractivity contribution >= 4 is 11.6 Å². The third-order valence-corrected chi connectivity index (χ3v) is 4.74. The Balaban J connectivity index is 1.75. The minimum absolute atomic E-state index is 0.256. The van der Waals surface area contributed by atoms with E-state index in [1.807, 2.05) is 53.4 Å². The zero-order valence-corrected chi connectivity index (χ0v) is 13.7. The van der Waals surface area contributed by atoms with Gasteiger partial charge in [0.05, 0.1) is 6.54 Å². The summed E-state index contributed by atoms with van der Waals surface area (Å²) in [4.78, 5) is 14.9. The van der Waals surface area contributed by atoms with E-state index in [9.17, 15) is 4.79 Å². The van der Waals surface area contributed by atoms with Crippen LogP contribution in [-0.2, 0) is 11.3 Å². The molecule has 0 radical (unpaired) electrons. The molecule has 1 aliphatic carbocycles. The van der Waals surface area contributed by atoms with Crippen molar-refractivity contribution < 1.29 is 4.79 Å². The van der Waals surface area contributed by atoms with Crippen molar-refractivity contribution in [1.29, 1.82) is 0 Å². The molecule has 1 amide bonds. The molecule has 3 rings (SSSR count). The molecule has 0 aliphatic heterocycles. The van der Waals surface area contributed by atoms with Gasteiger partial charge in [0.15, 0.2) is 0 Å². The fraction of sp³-hybridized carbons (Fsp3) is 0.381. The topological polar surface area (TPSA) is 20.3 Å².